The van der Waals surface area contributed by atoms with Crippen LogP contribution in [0, 0.1) is 5.92 Å². The van der Waals surface area contributed by atoms with E-state index in [1.807, 2.05) is 0 Å². The van der Waals surface area contributed by atoms with Crippen molar-refractivity contribution in [3.05, 3.63) is 12.2 Å². The molecule has 0 aromatic heterocycles. The van der Waals surface area contributed by atoms with Crippen LogP contribution in [0.5, 0.6) is 0 Å². The van der Waals surface area contributed by atoms with Crippen molar-refractivity contribution in [3.8, 4) is 0 Å². The summed E-state index contributed by atoms with van der Waals surface area (Å²) in [5, 5.41) is 0. The SMILES string of the molecule is C=C(C(=O)OC1CCCC1)C1CCCC1. The molecule has 84 valence electrons. The molecule has 2 nitrogen and oxygen atoms in total. The molecule has 0 aliphatic heterocycles. The highest BCUT2D eigenvalue weighted by atomic mass is 16.5. The van der Waals surface area contributed by atoms with Gasteiger partial charge in [0.15, 0.2) is 0 Å². The summed E-state index contributed by atoms with van der Waals surface area (Å²) < 4.78 is 5.45. The van der Waals surface area contributed by atoms with Gasteiger partial charge in [-0.2, -0.15) is 0 Å². The molecule has 0 spiro atoms. The molecule has 15 heavy (non-hydrogen) atoms. The van der Waals surface area contributed by atoms with Crippen LogP contribution in [0.1, 0.15) is 51.4 Å². The van der Waals surface area contributed by atoms with E-state index in [2.05, 4.69) is 6.58 Å². The van der Waals surface area contributed by atoms with Gasteiger partial charge in [0.2, 0.25) is 0 Å². The van der Waals surface area contributed by atoms with E-state index < -0.39 is 0 Å². The van der Waals surface area contributed by atoms with Crippen LogP contribution in [0.4, 0.5) is 0 Å². The van der Waals surface area contributed by atoms with Gasteiger partial charge in [-0.15, -0.1) is 0 Å². The first-order chi connectivity index (χ1) is 7.27. The maximum atomic E-state index is 11.8. The average molecular weight is 208 g/mol. The van der Waals surface area contributed by atoms with Crippen LogP contribution in [0.15, 0.2) is 12.2 Å². The summed E-state index contributed by atoms with van der Waals surface area (Å²) in [4.78, 5) is 11.8. The van der Waals surface area contributed by atoms with E-state index in [0.717, 1.165) is 31.3 Å². The smallest absolute Gasteiger partial charge is 0.333 e. The fourth-order valence-corrected chi connectivity index (χ4v) is 2.67. The molecule has 0 unspecified atom stereocenters. The maximum absolute atomic E-state index is 11.8. The minimum absolute atomic E-state index is 0.131. The molecule has 2 rings (SSSR count). The Hall–Kier alpha value is -0.790. The number of carbonyl (C=O) groups is 1. The molecule has 0 N–H and O–H groups in total. The summed E-state index contributed by atoms with van der Waals surface area (Å²) in [5.74, 6) is 0.271. The van der Waals surface area contributed by atoms with Crippen molar-refractivity contribution in [2.45, 2.75) is 57.5 Å². The molecule has 0 radical (unpaired) electrons. The lowest BCUT2D eigenvalue weighted by Gasteiger charge is -2.15. The highest BCUT2D eigenvalue weighted by Crippen LogP contribution is 2.31. The molecule has 2 aliphatic carbocycles. The lowest BCUT2D eigenvalue weighted by atomic mass is 9.99. The van der Waals surface area contributed by atoms with Crippen LogP contribution in [0.25, 0.3) is 0 Å². The van der Waals surface area contributed by atoms with Gasteiger partial charge in [0, 0.05) is 5.57 Å². The number of hydrogen-bond acceptors (Lipinski definition) is 2. The molecule has 2 heteroatoms. The van der Waals surface area contributed by atoms with E-state index in [0.29, 0.717) is 5.92 Å². The highest BCUT2D eigenvalue weighted by molar-refractivity contribution is 5.88. The zero-order valence-electron chi connectivity index (χ0n) is 9.34. The fourth-order valence-electron chi connectivity index (χ4n) is 2.67. The second kappa shape index (κ2) is 4.82. The molecule has 0 aromatic rings. The Morgan fingerprint density at radius 2 is 1.53 bits per heavy atom. The van der Waals surface area contributed by atoms with Crippen molar-refractivity contribution in [1.29, 1.82) is 0 Å². The Morgan fingerprint density at radius 3 is 2.13 bits per heavy atom. The first-order valence-corrected chi connectivity index (χ1v) is 6.17. The quantitative estimate of drug-likeness (QED) is 0.526. The number of hydrogen-bond donors (Lipinski definition) is 0. The lowest BCUT2D eigenvalue weighted by Crippen LogP contribution is -2.19. The van der Waals surface area contributed by atoms with Crippen LogP contribution < -0.4 is 0 Å². The third-order valence-electron chi connectivity index (χ3n) is 3.69. The Morgan fingerprint density at radius 1 is 1.00 bits per heavy atom. The standard InChI is InChI=1S/C13H20O2/c1-10(11-6-2-3-7-11)13(14)15-12-8-4-5-9-12/h11-12H,1-9H2. The molecule has 0 saturated heterocycles. The third kappa shape index (κ3) is 2.61. The van der Waals surface area contributed by atoms with Crippen LogP contribution in [-0.4, -0.2) is 12.1 Å². The molecule has 2 fully saturated rings. The van der Waals surface area contributed by atoms with Crippen LogP contribution in [0.2, 0.25) is 0 Å². The van der Waals surface area contributed by atoms with Crippen molar-refractivity contribution >= 4 is 5.97 Å². The maximum Gasteiger partial charge on any atom is 0.333 e. The normalized spacial score (nSPS) is 23.2. The summed E-state index contributed by atoms with van der Waals surface area (Å²) in [6.45, 7) is 3.90. The molecule has 0 amide bonds. The monoisotopic (exact) mass is 208 g/mol. The van der Waals surface area contributed by atoms with Gasteiger partial charge < -0.3 is 4.74 Å². The second-order valence-corrected chi connectivity index (χ2v) is 4.82. The highest BCUT2D eigenvalue weighted by Gasteiger charge is 2.26. The van der Waals surface area contributed by atoms with Gasteiger partial charge >= 0.3 is 5.97 Å². The number of ether oxygens (including phenoxy) is 1. The summed E-state index contributed by atoms with van der Waals surface area (Å²) in [7, 11) is 0. The predicted octanol–water partition coefficient (Wildman–Crippen LogP) is 3.22. The van der Waals surface area contributed by atoms with Gasteiger partial charge in [0.05, 0.1) is 0 Å². The van der Waals surface area contributed by atoms with Gasteiger partial charge in [-0.3, -0.25) is 0 Å². The van der Waals surface area contributed by atoms with E-state index in [-0.39, 0.29) is 12.1 Å². The van der Waals surface area contributed by atoms with Crippen molar-refractivity contribution < 1.29 is 9.53 Å². The van der Waals surface area contributed by atoms with Gasteiger partial charge in [0.1, 0.15) is 6.10 Å². The van der Waals surface area contributed by atoms with Crippen LogP contribution in [0.3, 0.4) is 0 Å². The van der Waals surface area contributed by atoms with E-state index in [1.54, 1.807) is 0 Å². The summed E-state index contributed by atoms with van der Waals surface area (Å²) in [6.07, 6.45) is 9.39. The molecule has 0 bridgehead atoms. The molecular weight excluding hydrogens is 188 g/mol. The Bertz CT molecular complexity index is 245. The summed E-state index contributed by atoms with van der Waals surface area (Å²) in [5.41, 5.74) is 0.722. The average Bonchev–Trinajstić information content (AvgIpc) is 2.88. The first kappa shape index (κ1) is 10.7. The zero-order valence-corrected chi connectivity index (χ0v) is 9.34. The lowest BCUT2D eigenvalue weighted by molar-refractivity contribution is -0.144. The van der Waals surface area contributed by atoms with Gasteiger partial charge in [-0.05, 0) is 44.4 Å². The Balaban J connectivity index is 1.81. The predicted molar refractivity (Wildman–Crippen MR) is 59.4 cm³/mol. The topological polar surface area (TPSA) is 26.3 Å². The van der Waals surface area contributed by atoms with E-state index >= 15 is 0 Å². The molecule has 2 aliphatic rings. The minimum Gasteiger partial charge on any atom is -0.459 e. The van der Waals surface area contributed by atoms with Crippen LogP contribution >= 0.6 is 0 Å². The third-order valence-corrected chi connectivity index (χ3v) is 3.69. The van der Waals surface area contributed by atoms with Crippen molar-refractivity contribution in [1.82, 2.24) is 0 Å². The largest absolute Gasteiger partial charge is 0.459 e. The second-order valence-electron chi connectivity index (χ2n) is 4.82. The number of rotatable bonds is 3. The Labute approximate surface area is 91.7 Å². The van der Waals surface area contributed by atoms with E-state index in [1.165, 1.54) is 25.7 Å². The fraction of sp³-hybridized carbons (Fsp3) is 0.769. The zero-order chi connectivity index (χ0) is 10.7. The molecular formula is C13H20O2. The Kier molecular flexibility index (Phi) is 3.45. The van der Waals surface area contributed by atoms with Gasteiger partial charge in [0.25, 0.3) is 0 Å². The van der Waals surface area contributed by atoms with Crippen molar-refractivity contribution in [2.75, 3.05) is 0 Å². The molecule has 0 atom stereocenters. The van der Waals surface area contributed by atoms with Crippen molar-refractivity contribution in [3.63, 3.8) is 0 Å². The summed E-state index contributed by atoms with van der Waals surface area (Å²) in [6, 6.07) is 0. The summed E-state index contributed by atoms with van der Waals surface area (Å²) >= 11 is 0. The minimum atomic E-state index is -0.131. The van der Waals surface area contributed by atoms with Gasteiger partial charge in [-0.25, -0.2) is 4.79 Å². The number of esters is 1. The van der Waals surface area contributed by atoms with Gasteiger partial charge in [-0.1, -0.05) is 19.4 Å². The van der Waals surface area contributed by atoms with E-state index in [9.17, 15) is 4.79 Å². The first-order valence-electron chi connectivity index (χ1n) is 6.17. The number of carbonyl (C=O) groups excluding carboxylic acids is 1. The van der Waals surface area contributed by atoms with Crippen LogP contribution in [-0.2, 0) is 9.53 Å². The molecule has 0 heterocycles. The molecule has 2 saturated carbocycles. The molecule has 0 aromatic carbocycles. The van der Waals surface area contributed by atoms with E-state index in [4.69, 9.17) is 4.74 Å². The van der Waals surface area contributed by atoms with Crippen molar-refractivity contribution in [2.24, 2.45) is 5.92 Å².